The van der Waals surface area contributed by atoms with Gasteiger partial charge in [-0.2, -0.15) is 0 Å². The molecule has 10 atom stereocenters. The lowest BCUT2D eigenvalue weighted by Crippen LogP contribution is -2.65. The van der Waals surface area contributed by atoms with Crippen LogP contribution in [0.5, 0.6) is 0 Å². The van der Waals surface area contributed by atoms with Crippen molar-refractivity contribution in [3.8, 4) is 0 Å². The minimum absolute atomic E-state index is 0.0474. The molecule has 0 heterocycles. The van der Waals surface area contributed by atoms with Crippen LogP contribution in [-0.2, 0) is 14.3 Å². The number of aliphatic carboxylic acids is 1. The highest BCUT2D eigenvalue weighted by Crippen LogP contribution is 2.74. The number of ether oxygens (including phenoxy) is 1. The summed E-state index contributed by atoms with van der Waals surface area (Å²) in [5, 5.41) is 32.9. The Morgan fingerprint density at radius 1 is 0.977 bits per heavy atom. The molecule has 10 heteroatoms. The average Bonchev–Trinajstić information content (AvgIpc) is 3.15. The van der Waals surface area contributed by atoms with Gasteiger partial charge in [0.2, 0.25) is 0 Å². The number of carboxylic acid groups (broad SMARTS) is 1. The number of hydrogen-bond donors (Lipinski definition) is 3. The summed E-state index contributed by atoms with van der Waals surface area (Å²) in [5.74, 6) is -0.909. The second kappa shape index (κ2) is 14.1. The van der Waals surface area contributed by atoms with Gasteiger partial charge in [-0.3, -0.25) is 4.79 Å². The second-order valence-electron chi connectivity index (χ2n) is 14.3. The van der Waals surface area contributed by atoms with Crippen LogP contribution >= 0.6 is 46.4 Å². The molecule has 246 valence electrons. The highest BCUT2D eigenvalue weighted by atomic mass is 35.5. The number of carboxylic acids is 1. The van der Waals surface area contributed by atoms with Crippen molar-refractivity contribution in [1.82, 2.24) is 0 Å². The van der Waals surface area contributed by atoms with E-state index in [0.717, 1.165) is 36.8 Å². The van der Waals surface area contributed by atoms with Gasteiger partial charge in [0.25, 0.3) is 0 Å². The van der Waals surface area contributed by atoms with Gasteiger partial charge in [-0.25, -0.2) is 4.79 Å². The molecule has 4 fully saturated rings. The van der Waals surface area contributed by atoms with Crippen LogP contribution in [0, 0.1) is 39.9 Å². The van der Waals surface area contributed by atoms with Gasteiger partial charge in [-0.1, -0.05) is 39.3 Å². The first-order valence-electron chi connectivity index (χ1n) is 15.5. The molecule has 0 aliphatic heterocycles. The molecule has 6 nitrogen and oxygen atoms in total. The summed E-state index contributed by atoms with van der Waals surface area (Å²) in [6, 6.07) is 0. The summed E-state index contributed by atoms with van der Waals surface area (Å²) in [6.45, 7) is 14.5. The Labute approximate surface area is 277 Å². The summed E-state index contributed by atoms with van der Waals surface area (Å²) in [5.41, 5.74) is 1.57. The molecule has 43 heavy (non-hydrogen) atoms. The fourth-order valence-corrected chi connectivity index (χ4v) is 9.79. The molecule has 0 spiro atoms. The molecular weight excluding hydrogens is 634 g/mol. The van der Waals surface area contributed by atoms with Crippen LogP contribution in [0.1, 0.15) is 99.8 Å². The van der Waals surface area contributed by atoms with E-state index in [-0.39, 0.29) is 40.1 Å². The molecular formula is C33H50Cl4O6. The number of rotatable bonds is 6. The van der Waals surface area contributed by atoms with Crippen molar-refractivity contribution < 1.29 is 29.6 Å². The van der Waals surface area contributed by atoms with Crippen LogP contribution in [0.15, 0.2) is 22.8 Å². The van der Waals surface area contributed by atoms with Gasteiger partial charge < -0.3 is 20.1 Å². The SMILES string of the molecule is CC(=O)O[C@H]1C[C@@]2(C)[C@@H](C[C@@H](O)[C@H]3[C@@]4(C)CC[C@@H](O)[C@@H](C)[C@@H]4CC[C@@]32C)/C1=C(\CCC=C(C)C)C(=O)O.ClC(Cl)C(Cl)Cl. The summed E-state index contributed by atoms with van der Waals surface area (Å²) < 4.78 is 5.87. The van der Waals surface area contributed by atoms with E-state index in [2.05, 4.69) is 27.7 Å². The number of fused-ring (bicyclic) bond motifs is 5. The fourth-order valence-electron chi connectivity index (χ4n) is 9.79. The smallest absolute Gasteiger partial charge is 0.331 e. The number of alkyl halides is 4. The summed E-state index contributed by atoms with van der Waals surface area (Å²) >= 11 is 20.5. The van der Waals surface area contributed by atoms with E-state index in [1.807, 2.05) is 19.9 Å². The first kappa shape index (κ1) is 37.0. The lowest BCUT2D eigenvalue weighted by Gasteiger charge is -2.69. The van der Waals surface area contributed by atoms with Crippen molar-refractivity contribution in [3.05, 3.63) is 22.8 Å². The lowest BCUT2D eigenvalue weighted by atomic mass is 9.36. The predicted octanol–water partition coefficient (Wildman–Crippen LogP) is 8.26. The number of aliphatic hydroxyl groups is 2. The van der Waals surface area contributed by atoms with Gasteiger partial charge >= 0.3 is 11.9 Å². The van der Waals surface area contributed by atoms with E-state index < -0.39 is 33.8 Å². The van der Waals surface area contributed by atoms with Crippen LogP contribution < -0.4 is 0 Å². The van der Waals surface area contributed by atoms with Crippen molar-refractivity contribution >= 4 is 58.3 Å². The van der Waals surface area contributed by atoms with Crippen molar-refractivity contribution in [2.24, 2.45) is 39.9 Å². The van der Waals surface area contributed by atoms with E-state index in [1.54, 1.807) is 0 Å². The minimum atomic E-state index is -0.953. The molecule has 4 aliphatic carbocycles. The third-order valence-corrected chi connectivity index (χ3v) is 13.3. The minimum Gasteiger partial charge on any atom is -0.478 e. The van der Waals surface area contributed by atoms with Crippen molar-refractivity contribution in [2.75, 3.05) is 0 Å². The summed E-state index contributed by atoms with van der Waals surface area (Å²) in [6.07, 6.45) is 6.22. The first-order valence-corrected chi connectivity index (χ1v) is 17.3. The van der Waals surface area contributed by atoms with Crippen molar-refractivity contribution in [2.45, 2.75) is 128 Å². The predicted molar refractivity (Wildman–Crippen MR) is 174 cm³/mol. The maximum atomic E-state index is 12.6. The van der Waals surface area contributed by atoms with E-state index >= 15 is 0 Å². The second-order valence-corrected chi connectivity index (χ2v) is 16.6. The molecule has 4 aliphatic rings. The molecule has 0 radical (unpaired) electrons. The van der Waals surface area contributed by atoms with Crippen LogP contribution in [0.4, 0.5) is 0 Å². The Morgan fingerprint density at radius 2 is 1.58 bits per heavy atom. The molecule has 4 rings (SSSR count). The van der Waals surface area contributed by atoms with Gasteiger partial charge in [0, 0.05) is 12.5 Å². The number of carbonyl (C=O) groups excluding carboxylic acids is 1. The average molecular weight is 685 g/mol. The van der Waals surface area contributed by atoms with E-state index in [4.69, 9.17) is 51.1 Å². The van der Waals surface area contributed by atoms with Crippen LogP contribution in [-0.4, -0.2) is 55.2 Å². The fraction of sp³-hybridized carbons (Fsp3) is 0.818. The van der Waals surface area contributed by atoms with Crippen LogP contribution in [0.3, 0.4) is 0 Å². The van der Waals surface area contributed by atoms with Crippen molar-refractivity contribution in [1.29, 1.82) is 0 Å². The Morgan fingerprint density at radius 3 is 2.09 bits per heavy atom. The number of carbonyl (C=O) groups is 2. The van der Waals surface area contributed by atoms with Gasteiger partial charge in [0.05, 0.1) is 12.2 Å². The number of aliphatic hydroxyl groups excluding tert-OH is 2. The van der Waals surface area contributed by atoms with Crippen LogP contribution in [0.25, 0.3) is 0 Å². The molecule has 0 unspecified atom stereocenters. The van der Waals surface area contributed by atoms with E-state index in [1.165, 1.54) is 6.92 Å². The maximum Gasteiger partial charge on any atom is 0.331 e. The quantitative estimate of drug-likeness (QED) is 0.113. The molecule has 0 aromatic rings. The van der Waals surface area contributed by atoms with Gasteiger partial charge in [0.1, 0.15) is 15.8 Å². The highest BCUT2D eigenvalue weighted by Gasteiger charge is 2.70. The van der Waals surface area contributed by atoms with Crippen molar-refractivity contribution in [3.63, 3.8) is 0 Å². The normalized spacial score (nSPS) is 41.3. The molecule has 0 amide bonds. The topological polar surface area (TPSA) is 104 Å². The monoisotopic (exact) mass is 682 g/mol. The molecule has 4 saturated carbocycles. The molecule has 0 saturated heterocycles. The third kappa shape index (κ3) is 7.10. The van der Waals surface area contributed by atoms with Crippen LogP contribution in [0.2, 0.25) is 0 Å². The number of esters is 1. The maximum absolute atomic E-state index is 12.6. The zero-order valence-corrected chi connectivity index (χ0v) is 29.5. The third-order valence-electron chi connectivity index (χ3n) is 11.8. The standard InChI is InChI=1S/C31H48O6.C2H2Cl4/c1-17(2)9-8-10-20(28(35)36)26-22-15-24(34)27-29(5)13-12-23(33)18(3)21(29)11-14-30(27,6)31(22,7)16-25(26)37-19(4)32;3-1(4)2(5)6/h9,18,21-25,27,33-34H,8,10-16H2,1-7H3,(H,35,36);1-2H/b26-20-;/t18-,21-,22-,23+,24+,25-,27-,29-,30-,31-;/m0./s1. The van der Waals surface area contributed by atoms with Gasteiger partial charge in [0.15, 0.2) is 0 Å². The molecule has 0 bridgehead atoms. The number of allylic oxidation sites excluding steroid dienone is 2. The molecule has 3 N–H and O–H groups in total. The number of hydrogen-bond acceptors (Lipinski definition) is 5. The van der Waals surface area contributed by atoms with Gasteiger partial charge in [-0.05, 0) is 111 Å². The zero-order chi connectivity index (χ0) is 32.7. The highest BCUT2D eigenvalue weighted by molar-refractivity contribution is 6.56. The Balaban J connectivity index is 0.000000765. The van der Waals surface area contributed by atoms with Gasteiger partial charge in [-0.15, -0.1) is 46.4 Å². The molecule has 0 aromatic carbocycles. The largest absolute Gasteiger partial charge is 0.478 e. The Bertz CT molecular complexity index is 1100. The Hall–Kier alpha value is -0.500. The number of halogens is 4. The van der Waals surface area contributed by atoms with E-state index in [9.17, 15) is 24.9 Å². The Kier molecular flexibility index (Phi) is 12.1. The molecule has 0 aromatic heterocycles. The zero-order valence-electron chi connectivity index (χ0n) is 26.5. The first-order chi connectivity index (χ1) is 19.8. The van der Waals surface area contributed by atoms with E-state index in [0.29, 0.717) is 37.2 Å². The summed E-state index contributed by atoms with van der Waals surface area (Å²) in [4.78, 5) is 23.5. The summed E-state index contributed by atoms with van der Waals surface area (Å²) in [7, 11) is 0. The lowest BCUT2D eigenvalue weighted by molar-refractivity contribution is -0.234.